The van der Waals surface area contributed by atoms with Gasteiger partial charge in [0.05, 0.1) is 48.7 Å². The first-order valence-electron chi connectivity index (χ1n) is 23.7. The normalized spacial score (nSPS) is 51.0. The van der Waals surface area contributed by atoms with E-state index in [1.165, 1.54) is 0 Å². The van der Waals surface area contributed by atoms with Gasteiger partial charge in [-0.05, 0) is 186 Å². The molecule has 0 amide bonds. The molecule has 14 rings (SSSR count). The van der Waals surface area contributed by atoms with Crippen LogP contribution in [0.1, 0.15) is 105 Å². The average molecular weight is 835 g/mol. The molecule has 22 atom stereocenters. The summed E-state index contributed by atoms with van der Waals surface area (Å²) in [5.41, 5.74) is -1.46. The summed E-state index contributed by atoms with van der Waals surface area (Å²) in [6.45, 7) is 9.61. The molecule has 330 valence electrons. The van der Waals surface area contributed by atoms with Crippen molar-refractivity contribution in [1.82, 2.24) is 0 Å². The summed E-state index contributed by atoms with van der Waals surface area (Å²) in [7, 11) is 0. The number of hydrogen-bond donors (Lipinski definition) is 3. The highest BCUT2D eigenvalue weighted by Gasteiger charge is 2.71. The van der Waals surface area contributed by atoms with E-state index in [9.17, 15) is 44.1 Å². The predicted molar refractivity (Wildman–Crippen MR) is 211 cm³/mol. The Morgan fingerprint density at radius 3 is 1.73 bits per heavy atom. The molecule has 2 aliphatic heterocycles. The standard InChI is InChI=1S/C48H66O12/c1-19-24-9-6-21(14-28(24)41(51)52)31(19)38-30-13-8-23(16-48(30,17-49)18-50)34(38)39-40(46(57)59-45(39)56)35-26-10-7-22(15-29(26)42(53)60-47(3,4)5)33(35)32-20(2)25-11-12-27(32)37-36(25)43(54)58-44(37)55/h19-40,49-50H,6-18H2,1-5H3,(H,51,52). The number of hydrogen-bond acceptors (Lipinski definition) is 11. The number of carbonyl (C=O) groups excluding carboxylic acids is 5. The third kappa shape index (κ3) is 5.79. The van der Waals surface area contributed by atoms with Crippen molar-refractivity contribution in [2.24, 2.45) is 136 Å². The van der Waals surface area contributed by atoms with Crippen LogP contribution in [-0.4, -0.2) is 70.0 Å². The zero-order chi connectivity index (χ0) is 42.5. The van der Waals surface area contributed by atoms with Crippen LogP contribution in [0.4, 0.5) is 0 Å². The van der Waals surface area contributed by atoms with E-state index < -0.39 is 82.3 Å². The van der Waals surface area contributed by atoms with Gasteiger partial charge in [-0.25, -0.2) is 0 Å². The largest absolute Gasteiger partial charge is 0.481 e. The molecule has 12 heteroatoms. The quantitative estimate of drug-likeness (QED) is 0.157. The van der Waals surface area contributed by atoms with Crippen molar-refractivity contribution in [2.45, 2.75) is 111 Å². The summed E-state index contributed by atoms with van der Waals surface area (Å²) in [5, 5.41) is 32.5. The van der Waals surface area contributed by atoms with Crippen LogP contribution in [0.2, 0.25) is 0 Å². The number of rotatable bonds is 8. The van der Waals surface area contributed by atoms with E-state index in [0.717, 1.165) is 44.9 Å². The van der Waals surface area contributed by atoms with E-state index in [4.69, 9.17) is 14.2 Å². The summed E-state index contributed by atoms with van der Waals surface area (Å²) < 4.78 is 17.3. The zero-order valence-electron chi connectivity index (χ0n) is 35.9. The maximum absolute atomic E-state index is 14.9. The van der Waals surface area contributed by atoms with Crippen LogP contribution >= 0.6 is 0 Å². The van der Waals surface area contributed by atoms with Gasteiger partial charge in [0.15, 0.2) is 0 Å². The minimum Gasteiger partial charge on any atom is -0.481 e. The van der Waals surface area contributed by atoms with Gasteiger partial charge >= 0.3 is 35.8 Å². The molecule has 12 aliphatic carbocycles. The molecule has 0 aromatic carbocycles. The molecule has 22 unspecified atom stereocenters. The van der Waals surface area contributed by atoms with Crippen LogP contribution in [0.15, 0.2) is 0 Å². The third-order valence-electron chi connectivity index (χ3n) is 20.1. The summed E-state index contributed by atoms with van der Waals surface area (Å²) >= 11 is 0. The number of carboxylic acid groups (broad SMARTS) is 1. The third-order valence-corrected chi connectivity index (χ3v) is 20.1. The summed E-state index contributed by atoms with van der Waals surface area (Å²) in [6.07, 6.45) is 8.23. The molecule has 60 heavy (non-hydrogen) atoms. The molecule has 8 bridgehead atoms. The highest BCUT2D eigenvalue weighted by Crippen LogP contribution is 2.71. The fourth-order valence-electron chi connectivity index (χ4n) is 18.5. The molecule has 14 aliphatic rings. The van der Waals surface area contributed by atoms with Crippen molar-refractivity contribution in [3.05, 3.63) is 0 Å². The van der Waals surface area contributed by atoms with Gasteiger partial charge in [0.2, 0.25) is 0 Å². The number of aliphatic carboxylic acids is 1. The first kappa shape index (κ1) is 41.2. The van der Waals surface area contributed by atoms with Crippen LogP contribution in [0.3, 0.4) is 0 Å². The Balaban J connectivity index is 1.09. The Bertz CT molecular complexity index is 1830. The number of carboxylic acids is 1. The Morgan fingerprint density at radius 1 is 0.600 bits per heavy atom. The molecule has 12 nitrogen and oxygen atoms in total. The minimum atomic E-state index is -0.825. The molecule has 0 aromatic rings. The van der Waals surface area contributed by atoms with Crippen molar-refractivity contribution in [2.75, 3.05) is 13.2 Å². The lowest BCUT2D eigenvalue weighted by molar-refractivity contribution is -0.207. The lowest BCUT2D eigenvalue weighted by atomic mass is 9.38. The number of fused-ring (bicyclic) bond motifs is 13. The van der Waals surface area contributed by atoms with E-state index >= 15 is 0 Å². The molecule has 2 saturated heterocycles. The maximum atomic E-state index is 14.9. The van der Waals surface area contributed by atoms with Gasteiger partial charge in [-0.2, -0.15) is 0 Å². The number of ether oxygens (including phenoxy) is 3. The van der Waals surface area contributed by atoms with E-state index in [1.807, 2.05) is 20.8 Å². The van der Waals surface area contributed by atoms with Gasteiger partial charge in [0.25, 0.3) is 0 Å². The topological polar surface area (TPSA) is 191 Å². The van der Waals surface area contributed by atoms with E-state index in [1.54, 1.807) is 0 Å². The second kappa shape index (κ2) is 14.3. The average Bonchev–Trinajstić information content (AvgIpc) is 3.69. The van der Waals surface area contributed by atoms with Gasteiger partial charge in [0, 0.05) is 5.41 Å². The number of cyclic esters (lactones) is 4. The maximum Gasteiger partial charge on any atom is 0.317 e. The van der Waals surface area contributed by atoms with Crippen LogP contribution in [0.5, 0.6) is 0 Å². The molecule has 14 fully saturated rings. The fraction of sp³-hybridized carbons (Fsp3) is 0.875. The van der Waals surface area contributed by atoms with E-state index in [-0.39, 0.29) is 108 Å². The van der Waals surface area contributed by atoms with Crippen molar-refractivity contribution in [1.29, 1.82) is 0 Å². The molecule has 0 spiro atoms. The summed E-state index contributed by atoms with van der Waals surface area (Å²) in [6, 6.07) is 0. The smallest absolute Gasteiger partial charge is 0.317 e. The minimum absolute atomic E-state index is 0.0120. The molecule has 12 saturated carbocycles. The lowest BCUT2D eigenvalue weighted by Crippen LogP contribution is -2.64. The van der Waals surface area contributed by atoms with Crippen molar-refractivity contribution >= 4 is 35.8 Å². The highest BCUT2D eigenvalue weighted by atomic mass is 16.6. The van der Waals surface area contributed by atoms with Crippen LogP contribution in [0, 0.1) is 136 Å². The first-order chi connectivity index (χ1) is 28.5. The monoisotopic (exact) mass is 834 g/mol. The van der Waals surface area contributed by atoms with Crippen LogP contribution < -0.4 is 0 Å². The van der Waals surface area contributed by atoms with Gasteiger partial charge < -0.3 is 29.5 Å². The van der Waals surface area contributed by atoms with Gasteiger partial charge in [0.1, 0.15) is 5.60 Å². The highest BCUT2D eigenvalue weighted by molar-refractivity contribution is 5.98. The molecular weight excluding hydrogens is 769 g/mol. The molecular formula is C48H66O12. The second-order valence-electron chi connectivity index (χ2n) is 23.1. The molecule has 2 heterocycles. The Labute approximate surface area is 353 Å². The summed E-state index contributed by atoms with van der Waals surface area (Å²) in [4.78, 5) is 83.2. The van der Waals surface area contributed by atoms with E-state index in [2.05, 4.69) is 13.8 Å². The Morgan fingerprint density at radius 2 is 1.12 bits per heavy atom. The van der Waals surface area contributed by atoms with Crippen LogP contribution in [0.25, 0.3) is 0 Å². The van der Waals surface area contributed by atoms with Gasteiger partial charge in [-0.3, -0.25) is 28.8 Å². The van der Waals surface area contributed by atoms with Gasteiger partial charge in [-0.1, -0.05) is 13.8 Å². The fourth-order valence-corrected chi connectivity index (χ4v) is 18.5. The van der Waals surface area contributed by atoms with Gasteiger partial charge in [-0.15, -0.1) is 0 Å². The molecule has 3 N–H and O–H groups in total. The number of carbonyl (C=O) groups is 6. The van der Waals surface area contributed by atoms with Crippen molar-refractivity contribution in [3.63, 3.8) is 0 Å². The predicted octanol–water partition coefficient (Wildman–Crippen LogP) is 5.55. The van der Waals surface area contributed by atoms with Crippen molar-refractivity contribution < 1.29 is 58.3 Å². The Hall–Kier alpha value is -2.86. The first-order valence-corrected chi connectivity index (χ1v) is 23.7. The lowest BCUT2D eigenvalue weighted by Gasteiger charge is -2.66. The SMILES string of the molecule is CC1C2CCC(CC2C(=O)O)C1C1C(C2C(=O)OC(=O)C2C2C3CCC(CC3C(=O)OC(C)(C)C)C2C2C(C)C3CCC2C2C(=O)OC(=O)C32)C2CCC1C(CO)(CO)C2. The number of aliphatic hydroxyl groups is 2. The zero-order valence-corrected chi connectivity index (χ0v) is 35.9. The molecule has 0 aromatic heterocycles. The van der Waals surface area contributed by atoms with Crippen molar-refractivity contribution in [3.8, 4) is 0 Å². The summed E-state index contributed by atoms with van der Waals surface area (Å²) in [5.74, 6) is -7.59. The molecule has 0 radical (unpaired) electrons. The van der Waals surface area contributed by atoms with E-state index in [0.29, 0.717) is 25.7 Å². The Kier molecular flexibility index (Phi) is 9.83. The number of aliphatic hydroxyl groups excluding tert-OH is 2. The van der Waals surface area contributed by atoms with Crippen LogP contribution in [-0.2, 0) is 43.0 Å². The number of esters is 5. The second-order valence-corrected chi connectivity index (χ2v) is 23.1.